The highest BCUT2D eigenvalue weighted by Gasteiger charge is 2.31. The van der Waals surface area contributed by atoms with Crippen molar-refractivity contribution in [1.82, 2.24) is 5.32 Å². The van der Waals surface area contributed by atoms with Crippen molar-refractivity contribution in [1.29, 1.82) is 0 Å². The number of aliphatic hydroxyl groups excluding tert-OH is 1. The molecule has 6 heteroatoms. The third-order valence-electron chi connectivity index (χ3n) is 2.03. The van der Waals surface area contributed by atoms with Gasteiger partial charge in [-0.2, -0.15) is 12.6 Å². The van der Waals surface area contributed by atoms with Gasteiger partial charge in [-0.1, -0.05) is 13.8 Å². The molecule has 0 aromatic rings. The molecule has 0 aromatic heterocycles. The predicted molar refractivity (Wildman–Crippen MR) is 58.9 cm³/mol. The first kappa shape index (κ1) is 14.2. The summed E-state index contributed by atoms with van der Waals surface area (Å²) in [5.41, 5.74) is -0.629. The Labute approximate surface area is 94.3 Å². The van der Waals surface area contributed by atoms with Gasteiger partial charge in [0, 0.05) is 12.0 Å². The number of aliphatic hydroxyl groups is 1. The van der Waals surface area contributed by atoms with Crippen molar-refractivity contribution in [2.45, 2.75) is 26.4 Å². The molecular formula is C9H17NO4S. The molecule has 0 radical (unpaired) electrons. The van der Waals surface area contributed by atoms with Gasteiger partial charge >= 0.3 is 5.97 Å². The Morgan fingerprint density at radius 2 is 2.00 bits per heavy atom. The van der Waals surface area contributed by atoms with Crippen LogP contribution in [0.25, 0.3) is 0 Å². The first-order valence-corrected chi connectivity index (χ1v) is 5.23. The van der Waals surface area contributed by atoms with Crippen LogP contribution in [0.3, 0.4) is 0 Å². The molecule has 0 aromatic carbocycles. The molecule has 0 bridgehead atoms. The first-order chi connectivity index (χ1) is 6.81. The van der Waals surface area contributed by atoms with E-state index in [9.17, 15) is 14.7 Å². The molecule has 5 nitrogen and oxygen atoms in total. The molecular weight excluding hydrogens is 218 g/mol. The fourth-order valence-corrected chi connectivity index (χ4v) is 1.00. The Bertz CT molecular complexity index is 242. The van der Waals surface area contributed by atoms with E-state index in [-0.39, 0.29) is 13.0 Å². The number of aliphatic carboxylic acids is 1. The lowest BCUT2D eigenvalue weighted by molar-refractivity contribution is -0.137. The summed E-state index contributed by atoms with van der Waals surface area (Å²) in [7, 11) is 0. The maximum Gasteiger partial charge on any atom is 0.305 e. The minimum atomic E-state index is -1.18. The maximum absolute atomic E-state index is 11.3. The second-order valence-electron chi connectivity index (χ2n) is 3.98. The predicted octanol–water partition coefficient (Wildman–Crippen LogP) is -0.106. The van der Waals surface area contributed by atoms with Gasteiger partial charge in [0.1, 0.15) is 6.10 Å². The molecule has 88 valence electrons. The van der Waals surface area contributed by atoms with E-state index >= 15 is 0 Å². The smallest absolute Gasteiger partial charge is 0.305 e. The molecule has 0 unspecified atom stereocenters. The number of carboxylic acids is 1. The van der Waals surface area contributed by atoms with Gasteiger partial charge in [-0.05, 0) is 5.75 Å². The number of rotatable bonds is 6. The number of thiol groups is 1. The van der Waals surface area contributed by atoms with E-state index in [1.165, 1.54) is 0 Å². The number of nitrogens with one attached hydrogen (secondary N) is 1. The summed E-state index contributed by atoms with van der Waals surface area (Å²) in [4.78, 5) is 21.5. The average Bonchev–Trinajstić information content (AvgIpc) is 2.15. The van der Waals surface area contributed by atoms with Gasteiger partial charge in [-0.25, -0.2) is 0 Å². The number of carbonyl (C=O) groups is 2. The van der Waals surface area contributed by atoms with Crippen LogP contribution >= 0.6 is 12.6 Å². The van der Waals surface area contributed by atoms with E-state index < -0.39 is 23.4 Å². The van der Waals surface area contributed by atoms with Gasteiger partial charge < -0.3 is 15.5 Å². The quantitative estimate of drug-likeness (QED) is 0.484. The van der Waals surface area contributed by atoms with Crippen LogP contribution < -0.4 is 5.32 Å². The molecule has 0 heterocycles. The number of hydrogen-bond donors (Lipinski definition) is 4. The molecule has 0 aliphatic rings. The molecule has 0 fully saturated rings. The lowest BCUT2D eigenvalue weighted by Crippen LogP contribution is -2.45. The summed E-state index contributed by atoms with van der Waals surface area (Å²) >= 11 is 4.02. The summed E-state index contributed by atoms with van der Waals surface area (Å²) in [6.45, 7) is 3.44. The molecule has 1 amide bonds. The van der Waals surface area contributed by atoms with Crippen LogP contribution in [0.2, 0.25) is 0 Å². The Kier molecular flexibility index (Phi) is 5.67. The maximum atomic E-state index is 11.3. The third-order valence-corrected chi connectivity index (χ3v) is 2.85. The molecule has 0 spiro atoms. The third kappa shape index (κ3) is 5.03. The first-order valence-electron chi connectivity index (χ1n) is 4.59. The van der Waals surface area contributed by atoms with E-state index in [1.807, 2.05) is 0 Å². The van der Waals surface area contributed by atoms with Gasteiger partial charge in [-0.15, -0.1) is 0 Å². The van der Waals surface area contributed by atoms with Gasteiger partial charge in [0.2, 0.25) is 5.91 Å². The zero-order valence-corrected chi connectivity index (χ0v) is 9.75. The molecule has 0 aliphatic heterocycles. The second kappa shape index (κ2) is 5.97. The normalized spacial score (nSPS) is 13.3. The van der Waals surface area contributed by atoms with E-state index in [0.29, 0.717) is 5.75 Å². The van der Waals surface area contributed by atoms with Crippen molar-refractivity contribution < 1.29 is 19.8 Å². The average molecular weight is 235 g/mol. The second-order valence-corrected chi connectivity index (χ2v) is 4.30. The van der Waals surface area contributed by atoms with Gasteiger partial charge in [0.05, 0.1) is 6.42 Å². The van der Waals surface area contributed by atoms with Crippen LogP contribution in [0.4, 0.5) is 0 Å². The van der Waals surface area contributed by atoms with Crippen molar-refractivity contribution in [2.75, 3.05) is 12.3 Å². The van der Waals surface area contributed by atoms with Crippen LogP contribution in [0.15, 0.2) is 0 Å². The molecule has 0 saturated carbocycles. The summed E-state index contributed by atoms with van der Waals surface area (Å²) < 4.78 is 0. The van der Waals surface area contributed by atoms with Crippen LogP contribution in [0.5, 0.6) is 0 Å². The van der Waals surface area contributed by atoms with E-state index in [1.54, 1.807) is 13.8 Å². The fourth-order valence-electron chi connectivity index (χ4n) is 0.831. The van der Waals surface area contributed by atoms with Crippen molar-refractivity contribution in [3.63, 3.8) is 0 Å². The van der Waals surface area contributed by atoms with Gasteiger partial charge in [0.15, 0.2) is 0 Å². The Morgan fingerprint density at radius 3 is 2.40 bits per heavy atom. The molecule has 0 aliphatic carbocycles. The zero-order valence-electron chi connectivity index (χ0n) is 8.86. The number of hydrogen-bond acceptors (Lipinski definition) is 4. The highest BCUT2D eigenvalue weighted by molar-refractivity contribution is 7.80. The standard InChI is InChI=1S/C9H17NO4S/c1-9(2,5-15)7(13)8(14)10-4-3-6(11)12/h7,13,15H,3-5H2,1-2H3,(H,10,14)(H,11,12)/t7-/m0/s1. The monoisotopic (exact) mass is 235 g/mol. The van der Waals surface area contributed by atoms with Crippen LogP contribution in [0.1, 0.15) is 20.3 Å². The zero-order chi connectivity index (χ0) is 12.1. The lowest BCUT2D eigenvalue weighted by atomic mass is 9.88. The van der Waals surface area contributed by atoms with Gasteiger partial charge in [-0.3, -0.25) is 9.59 Å². The largest absolute Gasteiger partial charge is 0.481 e. The molecule has 1 atom stereocenters. The fraction of sp³-hybridized carbons (Fsp3) is 0.778. The number of carbonyl (C=O) groups excluding carboxylic acids is 1. The summed E-state index contributed by atoms with van der Waals surface area (Å²) in [5, 5.41) is 20.3. The minimum absolute atomic E-state index is 0.0217. The van der Waals surface area contributed by atoms with Crippen molar-refractivity contribution >= 4 is 24.5 Å². The lowest BCUT2D eigenvalue weighted by Gasteiger charge is -2.27. The van der Waals surface area contributed by atoms with Gasteiger partial charge in [0.25, 0.3) is 0 Å². The molecule has 3 N–H and O–H groups in total. The summed E-state index contributed by atoms with van der Waals surface area (Å²) in [6, 6.07) is 0. The summed E-state index contributed by atoms with van der Waals surface area (Å²) in [5.74, 6) is -1.19. The van der Waals surface area contributed by atoms with E-state index in [4.69, 9.17) is 5.11 Å². The van der Waals surface area contributed by atoms with Crippen molar-refractivity contribution in [2.24, 2.45) is 5.41 Å². The van der Waals surface area contributed by atoms with Crippen molar-refractivity contribution in [3.05, 3.63) is 0 Å². The Hall–Kier alpha value is -0.750. The number of carboxylic acid groups (broad SMARTS) is 1. The van der Waals surface area contributed by atoms with Crippen LogP contribution in [0, 0.1) is 5.41 Å². The molecule has 0 rings (SSSR count). The van der Waals surface area contributed by atoms with Crippen molar-refractivity contribution in [3.8, 4) is 0 Å². The Balaban J connectivity index is 4.05. The van der Waals surface area contributed by atoms with Crippen LogP contribution in [-0.2, 0) is 9.59 Å². The van der Waals surface area contributed by atoms with Crippen LogP contribution in [-0.4, -0.2) is 40.5 Å². The number of amides is 1. The Morgan fingerprint density at radius 1 is 1.47 bits per heavy atom. The highest BCUT2D eigenvalue weighted by atomic mass is 32.1. The molecule has 15 heavy (non-hydrogen) atoms. The minimum Gasteiger partial charge on any atom is -0.481 e. The van der Waals surface area contributed by atoms with E-state index in [0.717, 1.165) is 0 Å². The molecule has 0 saturated heterocycles. The highest BCUT2D eigenvalue weighted by Crippen LogP contribution is 2.22. The SMILES string of the molecule is CC(C)(CS)[C@@H](O)C(=O)NCCC(=O)O. The summed E-state index contributed by atoms with van der Waals surface area (Å²) in [6.07, 6.45) is -1.33. The van der Waals surface area contributed by atoms with E-state index in [2.05, 4.69) is 17.9 Å². The topological polar surface area (TPSA) is 86.6 Å².